The van der Waals surface area contributed by atoms with Gasteiger partial charge in [0.15, 0.2) is 0 Å². The van der Waals surface area contributed by atoms with Crippen LogP contribution in [-0.4, -0.2) is 9.78 Å². The Morgan fingerprint density at radius 3 is 3.06 bits per heavy atom. The monoisotopic (exact) mass is 236 g/mol. The maximum absolute atomic E-state index is 5.57. The van der Waals surface area contributed by atoms with Crippen LogP contribution in [0.25, 0.3) is 0 Å². The van der Waals surface area contributed by atoms with Crippen molar-refractivity contribution in [2.75, 3.05) is 0 Å². The maximum Gasteiger partial charge on any atom is 0.0556 e. The Labute approximate surface area is 99.1 Å². The molecule has 86 valence electrons. The van der Waals surface area contributed by atoms with E-state index in [0.717, 1.165) is 12.8 Å². The van der Waals surface area contributed by atoms with Gasteiger partial charge in [-0.05, 0) is 29.9 Å². The van der Waals surface area contributed by atoms with Crippen LogP contribution in [0.4, 0.5) is 0 Å². The van der Waals surface area contributed by atoms with Crippen LogP contribution in [0, 0.1) is 0 Å². The van der Waals surface area contributed by atoms with Crippen LogP contribution >= 0.6 is 11.3 Å². The van der Waals surface area contributed by atoms with Gasteiger partial charge in [0, 0.05) is 18.1 Å². The molecule has 0 aliphatic rings. The van der Waals surface area contributed by atoms with Gasteiger partial charge in [-0.3, -0.25) is 16.0 Å². The number of rotatable bonds is 5. The summed E-state index contributed by atoms with van der Waals surface area (Å²) in [5.41, 5.74) is 4.11. The number of nitrogens with one attached hydrogen (secondary N) is 1. The highest BCUT2D eigenvalue weighted by atomic mass is 32.1. The summed E-state index contributed by atoms with van der Waals surface area (Å²) in [7, 11) is 1.93. The van der Waals surface area contributed by atoms with Gasteiger partial charge in [0.05, 0.1) is 12.2 Å². The number of nitrogens with two attached hydrogens (primary N) is 1. The Balaban J connectivity index is 1.93. The number of hydrogen-bond acceptors (Lipinski definition) is 4. The zero-order chi connectivity index (χ0) is 11.4. The van der Waals surface area contributed by atoms with Gasteiger partial charge < -0.3 is 0 Å². The fraction of sp³-hybridized carbons (Fsp3) is 0.364. The quantitative estimate of drug-likeness (QED) is 0.612. The first kappa shape index (κ1) is 11.3. The molecule has 4 nitrogen and oxygen atoms in total. The van der Waals surface area contributed by atoms with Crippen molar-refractivity contribution in [2.45, 2.75) is 18.9 Å². The number of aromatic nitrogens is 2. The number of hydrazine groups is 1. The van der Waals surface area contributed by atoms with Gasteiger partial charge in [0.1, 0.15) is 0 Å². The molecule has 3 N–H and O–H groups in total. The van der Waals surface area contributed by atoms with Crippen molar-refractivity contribution in [3.63, 3.8) is 0 Å². The molecule has 0 aliphatic heterocycles. The van der Waals surface area contributed by atoms with Crippen molar-refractivity contribution >= 4 is 11.3 Å². The van der Waals surface area contributed by atoms with E-state index >= 15 is 0 Å². The average Bonchev–Trinajstić information content (AvgIpc) is 2.91. The first-order chi connectivity index (χ1) is 7.79. The molecule has 2 rings (SSSR count). The third kappa shape index (κ3) is 2.69. The summed E-state index contributed by atoms with van der Waals surface area (Å²) < 4.78 is 1.82. The zero-order valence-electron chi connectivity index (χ0n) is 9.26. The summed E-state index contributed by atoms with van der Waals surface area (Å²) in [5, 5.41) is 6.22. The van der Waals surface area contributed by atoms with Gasteiger partial charge in [0.2, 0.25) is 0 Å². The topological polar surface area (TPSA) is 55.9 Å². The van der Waals surface area contributed by atoms with E-state index in [9.17, 15) is 0 Å². The van der Waals surface area contributed by atoms with E-state index in [4.69, 9.17) is 5.84 Å². The van der Waals surface area contributed by atoms with E-state index in [1.807, 2.05) is 24.1 Å². The Hall–Kier alpha value is -1.17. The summed E-state index contributed by atoms with van der Waals surface area (Å²) in [6.45, 7) is 0. The molecule has 1 atom stereocenters. The van der Waals surface area contributed by atoms with Crippen LogP contribution in [0.1, 0.15) is 22.9 Å². The van der Waals surface area contributed by atoms with Crippen LogP contribution < -0.4 is 11.3 Å². The molecule has 2 heterocycles. The lowest BCUT2D eigenvalue weighted by Gasteiger charge is -2.13. The van der Waals surface area contributed by atoms with Crippen LogP contribution in [-0.2, 0) is 13.5 Å². The zero-order valence-corrected chi connectivity index (χ0v) is 10.1. The molecule has 1 unspecified atom stereocenters. The Morgan fingerprint density at radius 1 is 1.62 bits per heavy atom. The smallest absolute Gasteiger partial charge is 0.0556 e. The van der Waals surface area contributed by atoms with E-state index in [-0.39, 0.29) is 6.04 Å². The molecule has 0 saturated carbocycles. The van der Waals surface area contributed by atoms with Crippen molar-refractivity contribution in [2.24, 2.45) is 12.9 Å². The van der Waals surface area contributed by atoms with Crippen molar-refractivity contribution in [1.29, 1.82) is 0 Å². The van der Waals surface area contributed by atoms with E-state index in [1.54, 1.807) is 11.3 Å². The molecule has 0 radical (unpaired) electrons. The van der Waals surface area contributed by atoms with Crippen molar-refractivity contribution < 1.29 is 0 Å². The normalized spacial score (nSPS) is 12.9. The van der Waals surface area contributed by atoms with Crippen molar-refractivity contribution in [3.05, 3.63) is 40.3 Å². The second-order valence-corrected chi connectivity index (χ2v) is 4.77. The fourth-order valence-corrected chi connectivity index (χ4v) is 2.53. The molecule has 0 amide bonds. The number of aryl methyl sites for hydroxylation is 2. The van der Waals surface area contributed by atoms with Crippen LogP contribution in [0.15, 0.2) is 29.9 Å². The van der Waals surface area contributed by atoms with Gasteiger partial charge >= 0.3 is 0 Å². The predicted molar refractivity (Wildman–Crippen MR) is 65.9 cm³/mol. The highest BCUT2D eigenvalue weighted by Gasteiger charge is 2.10. The first-order valence-corrected chi connectivity index (χ1v) is 6.14. The molecule has 0 fully saturated rings. The fourth-order valence-electron chi connectivity index (χ4n) is 1.71. The van der Waals surface area contributed by atoms with Crippen molar-refractivity contribution in [1.82, 2.24) is 15.2 Å². The molecule has 5 heteroatoms. The van der Waals surface area contributed by atoms with Crippen LogP contribution in [0.5, 0.6) is 0 Å². The third-order valence-corrected chi connectivity index (χ3v) is 3.55. The molecular formula is C11H16N4S. The minimum absolute atomic E-state index is 0.236. The van der Waals surface area contributed by atoms with Gasteiger partial charge in [-0.25, -0.2) is 0 Å². The molecule has 16 heavy (non-hydrogen) atoms. The molecule has 2 aromatic heterocycles. The highest BCUT2D eigenvalue weighted by Crippen LogP contribution is 2.22. The molecule has 2 aromatic rings. The minimum Gasteiger partial charge on any atom is -0.276 e. The molecular weight excluding hydrogens is 220 g/mol. The SMILES string of the molecule is Cn1cc(CCC(NN)c2cccs2)cn1. The van der Waals surface area contributed by atoms with Gasteiger partial charge in [0.25, 0.3) is 0 Å². The summed E-state index contributed by atoms with van der Waals surface area (Å²) in [5.74, 6) is 5.57. The van der Waals surface area contributed by atoms with Crippen molar-refractivity contribution in [3.8, 4) is 0 Å². The number of hydrogen-bond donors (Lipinski definition) is 2. The second kappa shape index (κ2) is 5.25. The standard InChI is InChI=1S/C11H16N4S/c1-15-8-9(7-13-15)4-5-10(14-12)11-3-2-6-16-11/h2-3,6-8,10,14H,4-5,12H2,1H3. The van der Waals surface area contributed by atoms with Crippen LogP contribution in [0.2, 0.25) is 0 Å². The van der Waals surface area contributed by atoms with E-state index in [0.29, 0.717) is 0 Å². The third-order valence-electron chi connectivity index (χ3n) is 2.57. The van der Waals surface area contributed by atoms with Crippen LogP contribution in [0.3, 0.4) is 0 Å². The summed E-state index contributed by atoms with van der Waals surface area (Å²) in [4.78, 5) is 1.28. The maximum atomic E-state index is 5.57. The number of nitrogens with zero attached hydrogens (tertiary/aromatic N) is 2. The van der Waals surface area contributed by atoms with Gasteiger partial charge in [-0.2, -0.15) is 5.10 Å². The number of thiophene rings is 1. The largest absolute Gasteiger partial charge is 0.276 e. The average molecular weight is 236 g/mol. The lowest BCUT2D eigenvalue weighted by atomic mass is 10.1. The lowest BCUT2D eigenvalue weighted by Crippen LogP contribution is -2.27. The highest BCUT2D eigenvalue weighted by molar-refractivity contribution is 7.10. The molecule has 0 aliphatic carbocycles. The molecule has 0 bridgehead atoms. The van der Waals surface area contributed by atoms with E-state index in [2.05, 4.69) is 28.0 Å². The summed E-state index contributed by atoms with van der Waals surface area (Å²) >= 11 is 1.73. The van der Waals surface area contributed by atoms with Gasteiger partial charge in [-0.15, -0.1) is 11.3 Å². The Bertz CT molecular complexity index is 421. The summed E-state index contributed by atoms with van der Waals surface area (Å²) in [6, 6.07) is 4.40. The summed E-state index contributed by atoms with van der Waals surface area (Å²) in [6.07, 6.45) is 5.92. The predicted octanol–water partition coefficient (Wildman–Crippen LogP) is 1.62. The van der Waals surface area contributed by atoms with Gasteiger partial charge in [-0.1, -0.05) is 6.07 Å². The first-order valence-electron chi connectivity index (χ1n) is 5.26. The van der Waals surface area contributed by atoms with E-state index < -0.39 is 0 Å². The lowest BCUT2D eigenvalue weighted by molar-refractivity contribution is 0.524. The molecule has 0 aromatic carbocycles. The minimum atomic E-state index is 0.236. The van der Waals surface area contributed by atoms with E-state index in [1.165, 1.54) is 10.4 Å². The molecule has 0 saturated heterocycles. The Morgan fingerprint density at radius 2 is 2.50 bits per heavy atom. The second-order valence-electron chi connectivity index (χ2n) is 3.80. The Kier molecular flexibility index (Phi) is 3.71. The molecule has 0 spiro atoms.